The molecule has 0 aromatic carbocycles. The molecule has 62 valence electrons. The van der Waals surface area contributed by atoms with Crippen LogP contribution in [-0.2, 0) is 9.53 Å². The van der Waals surface area contributed by atoms with Gasteiger partial charge in [-0.1, -0.05) is 11.9 Å². The zero-order chi connectivity index (χ0) is 7.11. The topological polar surface area (TPSA) is 52.3 Å². The van der Waals surface area contributed by atoms with Gasteiger partial charge in [-0.05, 0) is 6.92 Å². The van der Waals surface area contributed by atoms with E-state index in [9.17, 15) is 4.79 Å². The van der Waals surface area contributed by atoms with E-state index in [1.165, 1.54) is 0 Å². The summed E-state index contributed by atoms with van der Waals surface area (Å²) in [7, 11) is 0. The Morgan fingerprint density at radius 2 is 2.30 bits per heavy atom. The predicted molar refractivity (Wildman–Crippen MR) is 45.1 cm³/mol. The number of carbonyl (C=O) groups is 1. The molecular weight excluding hydrogens is 174 g/mol. The number of hydrogen-bond donors (Lipinski definition) is 1. The first-order chi connectivity index (χ1) is 4.31. The summed E-state index contributed by atoms with van der Waals surface area (Å²) in [5.41, 5.74) is 0. The van der Waals surface area contributed by atoms with Gasteiger partial charge in [0.15, 0.2) is 0 Å². The molecular formula is C5H12ClNO2S. The third-order valence-corrected chi connectivity index (χ3v) is 1.17. The number of nitrogens with two attached hydrogens (primary N) is 1. The summed E-state index contributed by atoms with van der Waals surface area (Å²) in [5, 5.41) is 5.08. The lowest BCUT2D eigenvalue weighted by Crippen LogP contribution is -2.05. The van der Waals surface area contributed by atoms with Crippen LogP contribution in [0.4, 0.5) is 0 Å². The Bertz CT molecular complexity index is 91.7. The molecule has 0 radical (unpaired) electrons. The van der Waals surface area contributed by atoms with Crippen LogP contribution in [0.5, 0.6) is 0 Å². The highest BCUT2D eigenvalue weighted by atomic mass is 35.5. The molecule has 0 spiro atoms. The van der Waals surface area contributed by atoms with Gasteiger partial charge in [0.25, 0.3) is 0 Å². The molecule has 0 saturated carbocycles. The number of carbonyl (C=O) groups excluding carboxylic acids is 1. The molecule has 2 N–H and O–H groups in total. The monoisotopic (exact) mass is 185 g/mol. The third kappa shape index (κ3) is 8.07. The lowest BCUT2D eigenvalue weighted by atomic mass is 10.5. The van der Waals surface area contributed by atoms with E-state index in [1.54, 1.807) is 6.92 Å². The summed E-state index contributed by atoms with van der Waals surface area (Å²) >= 11 is 1.15. The highest BCUT2D eigenvalue weighted by Crippen LogP contribution is 1.92. The molecule has 0 atom stereocenters. The Hall–Kier alpha value is 0.0700. The largest absolute Gasteiger partial charge is 0.466 e. The average Bonchev–Trinajstić information content (AvgIpc) is 1.85. The van der Waals surface area contributed by atoms with E-state index in [0.29, 0.717) is 18.8 Å². The lowest BCUT2D eigenvalue weighted by molar-refractivity contribution is -0.142. The normalized spacial score (nSPS) is 8.20. The van der Waals surface area contributed by atoms with Gasteiger partial charge in [0, 0.05) is 5.75 Å². The molecule has 0 saturated heterocycles. The van der Waals surface area contributed by atoms with E-state index in [4.69, 9.17) is 5.14 Å². The van der Waals surface area contributed by atoms with Crippen LogP contribution in [-0.4, -0.2) is 18.3 Å². The van der Waals surface area contributed by atoms with Crippen molar-refractivity contribution in [3.8, 4) is 0 Å². The highest BCUT2D eigenvalue weighted by Gasteiger charge is 1.98. The van der Waals surface area contributed by atoms with Gasteiger partial charge in [-0.3, -0.25) is 9.93 Å². The van der Waals surface area contributed by atoms with Crippen molar-refractivity contribution in [2.45, 2.75) is 13.3 Å². The molecule has 0 aliphatic rings. The van der Waals surface area contributed by atoms with Gasteiger partial charge in [-0.2, -0.15) is 0 Å². The maximum absolute atomic E-state index is 10.5. The smallest absolute Gasteiger partial charge is 0.306 e. The second kappa shape index (κ2) is 9.07. The lowest BCUT2D eigenvalue weighted by Gasteiger charge is -1.97. The average molecular weight is 186 g/mol. The van der Waals surface area contributed by atoms with Crippen LogP contribution in [0.15, 0.2) is 0 Å². The minimum atomic E-state index is -0.171. The van der Waals surface area contributed by atoms with E-state index in [2.05, 4.69) is 4.74 Å². The predicted octanol–water partition coefficient (Wildman–Crippen LogP) is 0.968. The second-order valence-corrected chi connectivity index (χ2v) is 2.17. The van der Waals surface area contributed by atoms with E-state index >= 15 is 0 Å². The van der Waals surface area contributed by atoms with E-state index < -0.39 is 0 Å². The summed E-state index contributed by atoms with van der Waals surface area (Å²) in [6.07, 6.45) is 0.412. The third-order valence-electron chi connectivity index (χ3n) is 0.729. The maximum Gasteiger partial charge on any atom is 0.306 e. The summed E-state index contributed by atoms with van der Waals surface area (Å²) in [6.45, 7) is 2.24. The number of hydrogen-bond acceptors (Lipinski definition) is 4. The van der Waals surface area contributed by atoms with E-state index in [-0.39, 0.29) is 18.4 Å². The minimum Gasteiger partial charge on any atom is -0.466 e. The zero-order valence-corrected chi connectivity index (χ0v) is 7.46. The fraction of sp³-hybridized carbons (Fsp3) is 0.800. The van der Waals surface area contributed by atoms with Gasteiger partial charge in [0.1, 0.15) is 0 Å². The molecule has 0 aromatic heterocycles. The van der Waals surface area contributed by atoms with E-state index in [0.717, 1.165) is 11.9 Å². The minimum absolute atomic E-state index is 0. The molecule has 0 aromatic rings. The summed E-state index contributed by atoms with van der Waals surface area (Å²) < 4.78 is 4.64. The van der Waals surface area contributed by atoms with Crippen molar-refractivity contribution in [1.82, 2.24) is 0 Å². The molecule has 0 unspecified atom stereocenters. The Balaban J connectivity index is 0. The molecule has 0 fully saturated rings. The molecule has 0 rings (SSSR count). The Kier molecular flexibility index (Phi) is 11.5. The van der Waals surface area contributed by atoms with Crippen molar-refractivity contribution in [3.63, 3.8) is 0 Å². The number of rotatable bonds is 4. The Morgan fingerprint density at radius 1 is 1.70 bits per heavy atom. The van der Waals surface area contributed by atoms with Gasteiger partial charge in [-0.15, -0.1) is 12.4 Å². The van der Waals surface area contributed by atoms with Crippen molar-refractivity contribution in [1.29, 1.82) is 0 Å². The molecule has 5 heteroatoms. The number of ether oxygens (including phenoxy) is 1. The summed E-state index contributed by atoms with van der Waals surface area (Å²) in [4.78, 5) is 10.5. The Labute approximate surface area is 71.2 Å². The van der Waals surface area contributed by atoms with Crippen LogP contribution in [0.3, 0.4) is 0 Å². The van der Waals surface area contributed by atoms with Crippen molar-refractivity contribution < 1.29 is 9.53 Å². The Morgan fingerprint density at radius 3 is 2.70 bits per heavy atom. The van der Waals surface area contributed by atoms with Gasteiger partial charge < -0.3 is 4.74 Å². The molecule has 0 amide bonds. The first-order valence-electron chi connectivity index (χ1n) is 2.78. The van der Waals surface area contributed by atoms with Crippen molar-refractivity contribution in [3.05, 3.63) is 0 Å². The van der Waals surface area contributed by atoms with Crippen LogP contribution >= 0.6 is 24.4 Å². The van der Waals surface area contributed by atoms with Crippen molar-refractivity contribution >= 4 is 30.3 Å². The first-order valence-corrected chi connectivity index (χ1v) is 3.83. The van der Waals surface area contributed by atoms with Gasteiger partial charge >= 0.3 is 5.97 Å². The van der Waals surface area contributed by atoms with E-state index in [1.807, 2.05) is 0 Å². The zero-order valence-electron chi connectivity index (χ0n) is 5.83. The molecule has 0 aliphatic heterocycles. The maximum atomic E-state index is 10.5. The molecule has 10 heavy (non-hydrogen) atoms. The van der Waals surface area contributed by atoms with Gasteiger partial charge in [0.05, 0.1) is 13.0 Å². The molecule has 0 bridgehead atoms. The van der Waals surface area contributed by atoms with Crippen LogP contribution < -0.4 is 5.14 Å². The molecule has 0 heterocycles. The quantitative estimate of drug-likeness (QED) is 0.524. The molecule has 0 aliphatic carbocycles. The fourth-order valence-corrected chi connectivity index (χ4v) is 0.660. The van der Waals surface area contributed by atoms with Crippen molar-refractivity contribution in [2.75, 3.05) is 12.4 Å². The van der Waals surface area contributed by atoms with Crippen LogP contribution in [0.1, 0.15) is 13.3 Å². The van der Waals surface area contributed by atoms with Crippen LogP contribution in [0.25, 0.3) is 0 Å². The van der Waals surface area contributed by atoms with Crippen LogP contribution in [0, 0.1) is 0 Å². The number of halogens is 1. The summed E-state index contributed by atoms with van der Waals surface area (Å²) in [5.74, 6) is 0.467. The fourth-order valence-electron chi connectivity index (χ4n) is 0.375. The summed E-state index contributed by atoms with van der Waals surface area (Å²) in [6, 6.07) is 0. The molecule has 3 nitrogen and oxygen atoms in total. The highest BCUT2D eigenvalue weighted by molar-refractivity contribution is 7.97. The first kappa shape index (κ1) is 12.7. The van der Waals surface area contributed by atoms with Gasteiger partial charge in [0.2, 0.25) is 0 Å². The number of esters is 1. The van der Waals surface area contributed by atoms with Gasteiger partial charge in [-0.25, -0.2) is 0 Å². The van der Waals surface area contributed by atoms with Crippen molar-refractivity contribution in [2.24, 2.45) is 5.14 Å². The standard InChI is InChI=1S/C5H11NO2S.ClH/c1-2-8-5(7)3-4-9-6;/h2-4,6H2,1H3;1H. The van der Waals surface area contributed by atoms with Crippen LogP contribution in [0.2, 0.25) is 0 Å². The second-order valence-electron chi connectivity index (χ2n) is 1.43. The SMILES string of the molecule is CCOC(=O)CCSN.Cl.